The fraction of sp³-hybridized carbons (Fsp3) is 0.556. The van der Waals surface area contributed by atoms with E-state index in [1.807, 2.05) is 36.1 Å². The second-order valence-corrected chi connectivity index (χ2v) is 6.24. The zero-order valence-electron chi connectivity index (χ0n) is 14.5. The van der Waals surface area contributed by atoms with Crippen LogP contribution in [0, 0.1) is 0 Å². The topological polar surface area (TPSA) is 72.9 Å². The summed E-state index contributed by atoms with van der Waals surface area (Å²) in [4.78, 5) is 28.6. The van der Waals surface area contributed by atoms with Gasteiger partial charge in [-0.3, -0.25) is 14.5 Å². The van der Waals surface area contributed by atoms with Crippen LogP contribution < -0.4 is 10.2 Å². The predicted molar refractivity (Wildman–Crippen MR) is 95.1 cm³/mol. The molecule has 1 aromatic carbocycles. The fourth-order valence-electron chi connectivity index (χ4n) is 3.03. The molecule has 0 aliphatic carbocycles. The number of amides is 2. The maximum absolute atomic E-state index is 12.9. The number of aliphatic hydroxyl groups excluding tert-OH is 1. The average Bonchev–Trinajstić information content (AvgIpc) is 2.66. The number of carbonyl (C=O) groups excluding carboxylic acids is 2. The second-order valence-electron chi connectivity index (χ2n) is 6.24. The summed E-state index contributed by atoms with van der Waals surface area (Å²) in [6.45, 7) is 5.53. The SMILES string of the molecule is CCCCN(CCO)CC(=O)N1c2ccccc2NC(=O)C[C@@H]1C. The largest absolute Gasteiger partial charge is 0.395 e. The molecule has 132 valence electrons. The summed E-state index contributed by atoms with van der Waals surface area (Å²) in [6, 6.07) is 7.18. The highest BCUT2D eigenvalue weighted by Crippen LogP contribution is 2.31. The minimum atomic E-state index is -0.205. The lowest BCUT2D eigenvalue weighted by atomic mass is 10.1. The summed E-state index contributed by atoms with van der Waals surface area (Å²) in [7, 11) is 0. The first-order valence-corrected chi connectivity index (χ1v) is 8.61. The van der Waals surface area contributed by atoms with Gasteiger partial charge >= 0.3 is 0 Å². The minimum Gasteiger partial charge on any atom is -0.395 e. The first kappa shape index (κ1) is 18.4. The number of para-hydroxylation sites is 2. The number of anilines is 2. The summed E-state index contributed by atoms with van der Waals surface area (Å²) in [6.07, 6.45) is 2.30. The molecule has 2 rings (SSSR count). The van der Waals surface area contributed by atoms with E-state index in [-0.39, 0.29) is 37.4 Å². The summed E-state index contributed by atoms with van der Waals surface area (Å²) in [5.41, 5.74) is 1.41. The molecule has 0 aromatic heterocycles. The molecular formula is C18H27N3O3. The Hall–Kier alpha value is -1.92. The highest BCUT2D eigenvalue weighted by molar-refractivity contribution is 6.04. The third-order valence-corrected chi connectivity index (χ3v) is 4.23. The van der Waals surface area contributed by atoms with Gasteiger partial charge in [-0.05, 0) is 32.0 Å². The van der Waals surface area contributed by atoms with Gasteiger partial charge in [-0.25, -0.2) is 0 Å². The monoisotopic (exact) mass is 333 g/mol. The van der Waals surface area contributed by atoms with E-state index in [0.29, 0.717) is 12.2 Å². The van der Waals surface area contributed by atoms with Gasteiger partial charge in [-0.2, -0.15) is 0 Å². The lowest BCUT2D eigenvalue weighted by molar-refractivity contribution is -0.120. The second kappa shape index (κ2) is 8.80. The van der Waals surface area contributed by atoms with Gasteiger partial charge in [0, 0.05) is 19.0 Å². The molecule has 0 spiro atoms. The molecule has 6 heteroatoms. The van der Waals surface area contributed by atoms with Gasteiger partial charge in [-0.15, -0.1) is 0 Å². The van der Waals surface area contributed by atoms with Crippen molar-refractivity contribution in [2.24, 2.45) is 0 Å². The van der Waals surface area contributed by atoms with Crippen LogP contribution in [0.25, 0.3) is 0 Å². The van der Waals surface area contributed by atoms with Crippen molar-refractivity contribution in [1.29, 1.82) is 0 Å². The van der Waals surface area contributed by atoms with Crippen LogP contribution in [0.15, 0.2) is 24.3 Å². The molecule has 2 amide bonds. The van der Waals surface area contributed by atoms with Crippen molar-refractivity contribution < 1.29 is 14.7 Å². The number of benzene rings is 1. The van der Waals surface area contributed by atoms with Crippen molar-refractivity contribution in [2.45, 2.75) is 39.2 Å². The van der Waals surface area contributed by atoms with Gasteiger partial charge in [-0.1, -0.05) is 25.5 Å². The summed E-state index contributed by atoms with van der Waals surface area (Å²) < 4.78 is 0. The summed E-state index contributed by atoms with van der Waals surface area (Å²) in [5, 5.41) is 12.1. The molecule has 1 atom stereocenters. The van der Waals surface area contributed by atoms with Crippen molar-refractivity contribution in [3.8, 4) is 0 Å². The summed E-state index contributed by atoms with van der Waals surface area (Å²) in [5.74, 6) is -0.126. The quantitative estimate of drug-likeness (QED) is 0.799. The average molecular weight is 333 g/mol. The third-order valence-electron chi connectivity index (χ3n) is 4.23. The van der Waals surface area contributed by atoms with Crippen molar-refractivity contribution in [1.82, 2.24) is 4.90 Å². The lowest BCUT2D eigenvalue weighted by Gasteiger charge is -2.30. The van der Waals surface area contributed by atoms with E-state index in [2.05, 4.69) is 12.2 Å². The maximum atomic E-state index is 12.9. The van der Waals surface area contributed by atoms with Gasteiger partial charge in [0.05, 0.1) is 24.5 Å². The van der Waals surface area contributed by atoms with Crippen molar-refractivity contribution >= 4 is 23.2 Å². The Morgan fingerprint density at radius 2 is 2.12 bits per heavy atom. The number of fused-ring (bicyclic) bond motifs is 1. The molecule has 0 fully saturated rings. The molecule has 0 radical (unpaired) electrons. The molecule has 1 aromatic rings. The smallest absolute Gasteiger partial charge is 0.241 e. The normalized spacial score (nSPS) is 17.4. The zero-order chi connectivity index (χ0) is 17.5. The highest BCUT2D eigenvalue weighted by atomic mass is 16.3. The van der Waals surface area contributed by atoms with Gasteiger partial charge in [0.15, 0.2) is 0 Å². The number of nitrogens with one attached hydrogen (secondary N) is 1. The Labute approximate surface area is 143 Å². The van der Waals surface area contributed by atoms with Gasteiger partial charge in [0.2, 0.25) is 11.8 Å². The van der Waals surface area contributed by atoms with Crippen LogP contribution in [0.1, 0.15) is 33.1 Å². The van der Waals surface area contributed by atoms with Crippen molar-refractivity contribution in [2.75, 3.05) is 36.5 Å². The van der Waals surface area contributed by atoms with Crippen LogP contribution in [0.4, 0.5) is 11.4 Å². The Balaban J connectivity index is 2.21. The Morgan fingerprint density at radius 3 is 2.83 bits per heavy atom. The number of unbranched alkanes of at least 4 members (excludes halogenated alkanes) is 1. The predicted octanol–water partition coefficient (Wildman–Crippen LogP) is 1.84. The molecule has 2 N–H and O–H groups in total. The Bertz CT molecular complexity index is 576. The molecule has 6 nitrogen and oxygen atoms in total. The number of carbonyl (C=O) groups is 2. The molecule has 1 heterocycles. The minimum absolute atomic E-state index is 0.0309. The molecule has 0 bridgehead atoms. The Kier molecular flexibility index (Phi) is 6.75. The van der Waals surface area contributed by atoms with Crippen LogP contribution in [0.3, 0.4) is 0 Å². The first-order chi connectivity index (χ1) is 11.6. The third kappa shape index (κ3) is 4.55. The number of hydrogen-bond acceptors (Lipinski definition) is 4. The summed E-state index contributed by atoms with van der Waals surface area (Å²) >= 11 is 0. The van der Waals surface area contributed by atoms with Gasteiger partial charge < -0.3 is 15.3 Å². The standard InChI is InChI=1S/C18H27N3O3/c1-3-4-9-20(10-11-22)13-18(24)21-14(2)12-17(23)19-15-7-5-6-8-16(15)21/h5-8,14,22H,3-4,9-13H2,1-2H3,(H,19,23)/t14-/m0/s1. The lowest BCUT2D eigenvalue weighted by Crippen LogP contribution is -2.45. The molecule has 0 saturated carbocycles. The van der Waals surface area contributed by atoms with Crippen molar-refractivity contribution in [3.05, 3.63) is 24.3 Å². The van der Waals surface area contributed by atoms with Crippen LogP contribution in [-0.2, 0) is 9.59 Å². The van der Waals surface area contributed by atoms with Crippen LogP contribution in [0.2, 0.25) is 0 Å². The molecule has 0 unspecified atom stereocenters. The molecule has 24 heavy (non-hydrogen) atoms. The van der Waals surface area contributed by atoms with E-state index >= 15 is 0 Å². The van der Waals surface area contributed by atoms with E-state index < -0.39 is 0 Å². The number of hydrogen-bond donors (Lipinski definition) is 2. The molecule has 1 aliphatic rings. The number of nitrogens with zero attached hydrogens (tertiary/aromatic N) is 2. The molecule has 1 aliphatic heterocycles. The van der Waals surface area contributed by atoms with E-state index in [4.69, 9.17) is 0 Å². The molecule has 0 saturated heterocycles. The van der Waals surface area contributed by atoms with E-state index in [1.165, 1.54) is 0 Å². The molecular weight excluding hydrogens is 306 g/mol. The highest BCUT2D eigenvalue weighted by Gasteiger charge is 2.30. The fourth-order valence-corrected chi connectivity index (χ4v) is 3.03. The Morgan fingerprint density at radius 1 is 1.38 bits per heavy atom. The zero-order valence-corrected chi connectivity index (χ0v) is 14.5. The number of rotatable bonds is 7. The van der Waals surface area contributed by atoms with E-state index in [1.54, 1.807) is 4.90 Å². The van der Waals surface area contributed by atoms with E-state index in [9.17, 15) is 14.7 Å². The van der Waals surface area contributed by atoms with Crippen LogP contribution in [0.5, 0.6) is 0 Å². The van der Waals surface area contributed by atoms with Gasteiger partial charge in [0.25, 0.3) is 0 Å². The number of aliphatic hydroxyl groups is 1. The first-order valence-electron chi connectivity index (χ1n) is 8.61. The van der Waals surface area contributed by atoms with Crippen LogP contribution in [-0.4, -0.2) is 54.1 Å². The van der Waals surface area contributed by atoms with Crippen LogP contribution >= 0.6 is 0 Å². The van der Waals surface area contributed by atoms with E-state index in [0.717, 1.165) is 25.1 Å². The van der Waals surface area contributed by atoms with Gasteiger partial charge in [0.1, 0.15) is 0 Å². The van der Waals surface area contributed by atoms with Crippen molar-refractivity contribution in [3.63, 3.8) is 0 Å². The maximum Gasteiger partial charge on any atom is 0.241 e.